The summed E-state index contributed by atoms with van der Waals surface area (Å²) in [5.41, 5.74) is 0.398. The molecule has 8 nitrogen and oxygen atoms in total. The summed E-state index contributed by atoms with van der Waals surface area (Å²) in [6.07, 6.45) is 1.73. The van der Waals surface area contributed by atoms with Crippen molar-refractivity contribution in [2.75, 3.05) is 20.3 Å². The van der Waals surface area contributed by atoms with Gasteiger partial charge < -0.3 is 19.3 Å². The van der Waals surface area contributed by atoms with Gasteiger partial charge in [0.2, 0.25) is 5.91 Å². The number of carbonyl (C=O) groups is 3. The van der Waals surface area contributed by atoms with Crippen molar-refractivity contribution in [1.29, 1.82) is 0 Å². The number of methoxy groups -OCH3 is 1. The molecule has 0 saturated heterocycles. The number of aliphatic imine (C=N–C) groups is 1. The predicted molar refractivity (Wildman–Crippen MR) is 109 cm³/mol. The number of aliphatic hydroxyl groups is 1. The highest BCUT2D eigenvalue weighted by molar-refractivity contribution is 8.18. The number of hydrogen-bond donors (Lipinski definition) is 1. The fourth-order valence-corrected chi connectivity index (χ4v) is 3.27. The van der Waals surface area contributed by atoms with Crippen LogP contribution in [0.5, 0.6) is 5.75 Å². The minimum atomic E-state index is -0.765. The summed E-state index contributed by atoms with van der Waals surface area (Å²) in [6, 6.07) is 6.84. The molecule has 29 heavy (non-hydrogen) atoms. The highest BCUT2D eigenvalue weighted by Gasteiger charge is 2.33. The first-order chi connectivity index (χ1) is 13.9. The Kier molecular flexibility index (Phi) is 8.02. The van der Waals surface area contributed by atoms with Crippen LogP contribution in [0.1, 0.15) is 25.8 Å². The summed E-state index contributed by atoms with van der Waals surface area (Å²) in [6.45, 7) is 3.11. The number of carbonyl (C=O) groups excluding carboxylic acids is 3. The topological polar surface area (TPSA) is 111 Å². The molecule has 0 unspecified atom stereocenters. The Morgan fingerprint density at radius 2 is 1.93 bits per heavy atom. The molecule has 1 amide bonds. The van der Waals surface area contributed by atoms with Crippen LogP contribution in [-0.2, 0) is 23.9 Å². The van der Waals surface area contributed by atoms with Gasteiger partial charge in [-0.3, -0.25) is 4.79 Å². The fraction of sp³-hybridized carbons (Fsp3) is 0.300. The highest BCUT2D eigenvalue weighted by Crippen LogP contribution is 2.40. The second-order valence-corrected chi connectivity index (χ2v) is 6.65. The van der Waals surface area contributed by atoms with E-state index in [1.54, 1.807) is 44.2 Å². The van der Waals surface area contributed by atoms with Crippen LogP contribution >= 0.6 is 11.8 Å². The Hall–Kier alpha value is -3.07. The van der Waals surface area contributed by atoms with Crippen molar-refractivity contribution in [3.05, 3.63) is 46.1 Å². The van der Waals surface area contributed by atoms with Gasteiger partial charge in [0.05, 0.1) is 18.6 Å². The zero-order chi connectivity index (χ0) is 21.4. The van der Waals surface area contributed by atoms with E-state index in [1.165, 1.54) is 7.11 Å². The smallest absolute Gasteiger partial charge is 0.344 e. The van der Waals surface area contributed by atoms with E-state index in [0.29, 0.717) is 16.2 Å². The molecule has 1 aromatic rings. The third-order valence-corrected chi connectivity index (χ3v) is 4.70. The predicted octanol–water partition coefficient (Wildman–Crippen LogP) is 3.04. The van der Waals surface area contributed by atoms with E-state index in [-0.39, 0.29) is 36.0 Å². The molecule has 1 heterocycles. The number of esters is 2. The molecule has 9 heteroatoms. The summed E-state index contributed by atoms with van der Waals surface area (Å²) in [5.74, 6) is -1.68. The van der Waals surface area contributed by atoms with E-state index < -0.39 is 17.8 Å². The van der Waals surface area contributed by atoms with Crippen LogP contribution in [0.4, 0.5) is 0 Å². The van der Waals surface area contributed by atoms with Gasteiger partial charge in [0.1, 0.15) is 22.1 Å². The van der Waals surface area contributed by atoms with Crippen molar-refractivity contribution >= 4 is 40.7 Å². The zero-order valence-electron chi connectivity index (χ0n) is 16.3. The van der Waals surface area contributed by atoms with E-state index in [9.17, 15) is 19.5 Å². The van der Waals surface area contributed by atoms with E-state index >= 15 is 0 Å². The maximum absolute atomic E-state index is 12.3. The number of nitrogens with zero attached hydrogens (tertiary/aromatic N) is 1. The molecule has 1 aromatic carbocycles. The fourth-order valence-electron chi connectivity index (χ4n) is 2.25. The number of rotatable bonds is 7. The minimum Gasteiger partial charge on any atom is -0.506 e. The lowest BCUT2D eigenvalue weighted by atomic mass is 10.1. The molecule has 0 aromatic heterocycles. The van der Waals surface area contributed by atoms with Crippen LogP contribution in [0.25, 0.3) is 6.08 Å². The van der Waals surface area contributed by atoms with Crippen LogP contribution < -0.4 is 4.74 Å². The standard InChI is InChI=1S/C20H21NO7S/c1-4-15(22)21-19-17(20(25)27-5-2)18(24)14(29-19)10-12-8-6-7-9-13(12)28-11-16(23)26-3/h6-10,24H,4-5,11H2,1-3H3/b14-10-,21-19?. The van der Waals surface area contributed by atoms with Crippen LogP contribution in [-0.4, -0.2) is 48.3 Å². The Balaban J connectivity index is 2.43. The SMILES string of the molecule is CCOC(=O)C1=C(O)/C(=C/c2ccccc2OCC(=O)OC)SC1=NC(=O)CC. The first-order valence-electron chi connectivity index (χ1n) is 8.82. The van der Waals surface area contributed by atoms with Gasteiger partial charge in [-0.05, 0) is 19.1 Å². The average Bonchev–Trinajstić information content (AvgIpc) is 3.01. The van der Waals surface area contributed by atoms with Crippen molar-refractivity contribution in [2.45, 2.75) is 20.3 Å². The molecule has 0 saturated carbocycles. The van der Waals surface area contributed by atoms with Gasteiger partial charge in [0.15, 0.2) is 6.61 Å². The number of ether oxygens (including phenoxy) is 3. The van der Waals surface area contributed by atoms with Crippen molar-refractivity contribution in [3.8, 4) is 5.75 Å². The lowest BCUT2D eigenvalue weighted by molar-refractivity contribution is -0.143. The third-order valence-electron chi connectivity index (χ3n) is 3.68. The van der Waals surface area contributed by atoms with Crippen molar-refractivity contribution < 1.29 is 33.7 Å². The molecule has 1 aliphatic heterocycles. The Morgan fingerprint density at radius 3 is 2.59 bits per heavy atom. The summed E-state index contributed by atoms with van der Waals surface area (Å²) in [5, 5.41) is 10.7. The summed E-state index contributed by atoms with van der Waals surface area (Å²) < 4.78 is 15.0. The van der Waals surface area contributed by atoms with E-state index in [0.717, 1.165) is 11.8 Å². The second kappa shape index (κ2) is 10.5. The maximum Gasteiger partial charge on any atom is 0.344 e. The molecule has 0 fully saturated rings. The molecular formula is C20H21NO7S. The van der Waals surface area contributed by atoms with Crippen LogP contribution in [0, 0.1) is 0 Å². The van der Waals surface area contributed by atoms with E-state index in [2.05, 4.69) is 9.73 Å². The molecular weight excluding hydrogens is 398 g/mol. The summed E-state index contributed by atoms with van der Waals surface area (Å²) >= 11 is 0.975. The molecule has 2 rings (SSSR count). The largest absolute Gasteiger partial charge is 0.506 e. The van der Waals surface area contributed by atoms with Gasteiger partial charge in [-0.2, -0.15) is 0 Å². The van der Waals surface area contributed by atoms with Gasteiger partial charge >= 0.3 is 11.9 Å². The van der Waals surface area contributed by atoms with E-state index in [1.807, 2.05) is 0 Å². The number of para-hydroxylation sites is 1. The number of benzene rings is 1. The first kappa shape index (κ1) is 22.2. The minimum absolute atomic E-state index is 0.0759. The molecule has 0 bridgehead atoms. The number of aliphatic hydroxyl groups excluding tert-OH is 1. The molecule has 154 valence electrons. The van der Waals surface area contributed by atoms with Gasteiger partial charge in [0, 0.05) is 12.0 Å². The summed E-state index contributed by atoms with van der Waals surface area (Å²) in [4.78, 5) is 39.6. The van der Waals surface area contributed by atoms with Crippen molar-refractivity contribution in [3.63, 3.8) is 0 Å². The summed E-state index contributed by atoms with van der Waals surface area (Å²) in [7, 11) is 1.26. The normalized spacial score (nSPS) is 16.2. The average molecular weight is 419 g/mol. The monoisotopic (exact) mass is 419 g/mol. The third kappa shape index (κ3) is 5.71. The zero-order valence-corrected chi connectivity index (χ0v) is 17.1. The van der Waals surface area contributed by atoms with Gasteiger partial charge in [-0.1, -0.05) is 36.9 Å². The first-order valence-corrected chi connectivity index (χ1v) is 9.63. The number of amides is 1. The Bertz CT molecular complexity index is 902. The molecule has 0 aliphatic carbocycles. The van der Waals surface area contributed by atoms with Crippen molar-refractivity contribution in [1.82, 2.24) is 0 Å². The molecule has 1 N–H and O–H groups in total. The molecule has 0 atom stereocenters. The number of hydrogen-bond acceptors (Lipinski definition) is 8. The Labute approximate surface area is 172 Å². The van der Waals surface area contributed by atoms with Crippen LogP contribution in [0.15, 0.2) is 45.5 Å². The van der Waals surface area contributed by atoms with Gasteiger partial charge in [-0.25, -0.2) is 14.6 Å². The molecule has 0 spiro atoms. The molecule has 0 radical (unpaired) electrons. The van der Waals surface area contributed by atoms with Crippen LogP contribution in [0.2, 0.25) is 0 Å². The van der Waals surface area contributed by atoms with Crippen LogP contribution in [0.3, 0.4) is 0 Å². The lowest BCUT2D eigenvalue weighted by Gasteiger charge is -2.08. The molecule has 1 aliphatic rings. The van der Waals surface area contributed by atoms with E-state index in [4.69, 9.17) is 9.47 Å². The maximum atomic E-state index is 12.3. The van der Waals surface area contributed by atoms with Gasteiger partial charge in [0.25, 0.3) is 0 Å². The second-order valence-electron chi connectivity index (χ2n) is 5.62. The quantitative estimate of drug-likeness (QED) is 0.671. The Morgan fingerprint density at radius 1 is 1.21 bits per heavy atom. The lowest BCUT2D eigenvalue weighted by Crippen LogP contribution is -2.14. The van der Waals surface area contributed by atoms with Crippen molar-refractivity contribution in [2.24, 2.45) is 4.99 Å². The number of thioether (sulfide) groups is 1. The van der Waals surface area contributed by atoms with Gasteiger partial charge in [-0.15, -0.1) is 0 Å². The highest BCUT2D eigenvalue weighted by atomic mass is 32.2.